The Morgan fingerprint density at radius 3 is 2.56 bits per heavy atom. The van der Waals surface area contributed by atoms with Gasteiger partial charge in [-0.15, -0.1) is 0 Å². The van der Waals surface area contributed by atoms with Gasteiger partial charge in [0.2, 0.25) is 0 Å². The van der Waals surface area contributed by atoms with E-state index in [1.165, 1.54) is 0 Å². The highest BCUT2D eigenvalue weighted by molar-refractivity contribution is 6.34. The summed E-state index contributed by atoms with van der Waals surface area (Å²) in [6, 6.07) is 3.62. The molecule has 1 aromatic carbocycles. The Kier molecular flexibility index (Phi) is 5.39. The van der Waals surface area contributed by atoms with Crippen molar-refractivity contribution in [1.82, 2.24) is 0 Å². The summed E-state index contributed by atoms with van der Waals surface area (Å²) < 4.78 is 5.09. The first kappa shape index (κ1) is 13.6. The molecular weight excluding hydrogens is 245 g/mol. The topological polar surface area (TPSA) is 35.2 Å². The van der Waals surface area contributed by atoms with Gasteiger partial charge in [-0.3, -0.25) is 0 Å². The van der Waals surface area contributed by atoms with E-state index in [1.54, 1.807) is 13.2 Å². The van der Waals surface area contributed by atoms with E-state index in [-0.39, 0.29) is 0 Å². The van der Waals surface area contributed by atoms with Crippen molar-refractivity contribution in [2.45, 2.75) is 19.8 Å². The molecule has 4 heteroatoms. The first-order chi connectivity index (χ1) is 7.58. The maximum Gasteiger partial charge on any atom is 0.138 e. The molecular formula is C12H17Cl2NO. The lowest BCUT2D eigenvalue weighted by Crippen LogP contribution is -2.11. The molecule has 0 radical (unpaired) electrons. The van der Waals surface area contributed by atoms with E-state index in [2.05, 4.69) is 6.92 Å². The van der Waals surface area contributed by atoms with Crippen LogP contribution in [-0.4, -0.2) is 13.7 Å². The molecule has 1 rings (SSSR count). The quantitative estimate of drug-likeness (QED) is 0.881. The fraction of sp³-hybridized carbons (Fsp3) is 0.500. The van der Waals surface area contributed by atoms with Crippen molar-refractivity contribution in [3.63, 3.8) is 0 Å². The van der Waals surface area contributed by atoms with Crippen LogP contribution in [0.5, 0.6) is 5.75 Å². The van der Waals surface area contributed by atoms with Crippen LogP contribution in [0.3, 0.4) is 0 Å². The number of halogens is 2. The number of ether oxygens (including phenoxy) is 1. The average molecular weight is 262 g/mol. The van der Waals surface area contributed by atoms with E-state index < -0.39 is 0 Å². The minimum atomic E-state index is 0.497. The molecule has 0 saturated carbocycles. The number of benzene rings is 1. The molecule has 90 valence electrons. The Morgan fingerprint density at radius 1 is 1.31 bits per heavy atom. The molecule has 1 aromatic rings. The van der Waals surface area contributed by atoms with Crippen LogP contribution < -0.4 is 10.5 Å². The Bertz CT molecular complexity index is 355. The summed E-state index contributed by atoms with van der Waals surface area (Å²) in [5.41, 5.74) is 6.62. The summed E-state index contributed by atoms with van der Waals surface area (Å²) in [7, 11) is 1.58. The van der Waals surface area contributed by atoms with Crippen molar-refractivity contribution < 1.29 is 4.74 Å². The van der Waals surface area contributed by atoms with Gasteiger partial charge in [0.1, 0.15) is 5.75 Å². The zero-order valence-corrected chi connectivity index (χ0v) is 11.1. The summed E-state index contributed by atoms with van der Waals surface area (Å²) in [6.07, 6.45) is 1.90. The van der Waals surface area contributed by atoms with Crippen LogP contribution in [0.1, 0.15) is 18.9 Å². The molecule has 1 unspecified atom stereocenters. The summed E-state index contributed by atoms with van der Waals surface area (Å²) >= 11 is 12.2. The third kappa shape index (κ3) is 3.55. The largest absolute Gasteiger partial charge is 0.495 e. The second-order valence-electron chi connectivity index (χ2n) is 3.96. The first-order valence-corrected chi connectivity index (χ1v) is 6.06. The van der Waals surface area contributed by atoms with Gasteiger partial charge < -0.3 is 10.5 Å². The van der Waals surface area contributed by atoms with E-state index in [1.807, 2.05) is 6.07 Å². The maximum atomic E-state index is 6.14. The van der Waals surface area contributed by atoms with Crippen LogP contribution in [-0.2, 0) is 6.42 Å². The molecule has 2 nitrogen and oxygen atoms in total. The minimum Gasteiger partial charge on any atom is -0.495 e. The first-order valence-electron chi connectivity index (χ1n) is 5.30. The highest BCUT2D eigenvalue weighted by Crippen LogP contribution is 2.31. The van der Waals surface area contributed by atoms with Gasteiger partial charge in [-0.25, -0.2) is 0 Å². The number of hydrogen-bond donors (Lipinski definition) is 1. The zero-order chi connectivity index (χ0) is 12.1. The standard InChI is InChI=1S/C12H17Cl2NO/c1-8(7-15)3-4-9-5-11(14)12(16-2)6-10(9)13/h5-6,8H,3-4,7,15H2,1-2H3. The van der Waals surface area contributed by atoms with E-state index in [0.29, 0.717) is 28.3 Å². The summed E-state index contributed by atoms with van der Waals surface area (Å²) in [5.74, 6) is 1.11. The van der Waals surface area contributed by atoms with Crippen LogP contribution in [0, 0.1) is 5.92 Å². The van der Waals surface area contributed by atoms with Crippen molar-refractivity contribution in [2.75, 3.05) is 13.7 Å². The molecule has 0 spiro atoms. The third-order valence-corrected chi connectivity index (χ3v) is 3.28. The normalized spacial score (nSPS) is 12.6. The number of nitrogens with two attached hydrogens (primary N) is 1. The fourth-order valence-electron chi connectivity index (χ4n) is 1.44. The number of methoxy groups -OCH3 is 1. The molecule has 0 aromatic heterocycles. The number of hydrogen-bond acceptors (Lipinski definition) is 2. The van der Waals surface area contributed by atoms with Gasteiger partial charge >= 0.3 is 0 Å². The summed E-state index contributed by atoms with van der Waals surface area (Å²) in [6.45, 7) is 2.82. The highest BCUT2D eigenvalue weighted by atomic mass is 35.5. The van der Waals surface area contributed by atoms with Crippen molar-refractivity contribution in [3.8, 4) is 5.75 Å². The monoisotopic (exact) mass is 261 g/mol. The van der Waals surface area contributed by atoms with Crippen LogP contribution >= 0.6 is 23.2 Å². The fourth-order valence-corrected chi connectivity index (χ4v) is 1.95. The maximum absolute atomic E-state index is 6.14. The molecule has 0 amide bonds. The SMILES string of the molecule is COc1cc(Cl)c(CCC(C)CN)cc1Cl. The molecule has 2 N–H and O–H groups in total. The second-order valence-corrected chi connectivity index (χ2v) is 4.77. The van der Waals surface area contributed by atoms with Crippen LogP contribution in [0.25, 0.3) is 0 Å². The zero-order valence-electron chi connectivity index (χ0n) is 9.59. The summed E-state index contributed by atoms with van der Waals surface area (Å²) in [4.78, 5) is 0. The lowest BCUT2D eigenvalue weighted by atomic mass is 10.0. The number of rotatable bonds is 5. The molecule has 0 aliphatic heterocycles. The van der Waals surface area contributed by atoms with Crippen molar-refractivity contribution in [1.29, 1.82) is 0 Å². The Balaban J connectivity index is 2.77. The van der Waals surface area contributed by atoms with Gasteiger partial charge in [0.25, 0.3) is 0 Å². The van der Waals surface area contributed by atoms with Gasteiger partial charge in [0.15, 0.2) is 0 Å². The molecule has 0 bridgehead atoms. The Labute approximate surface area is 107 Å². The highest BCUT2D eigenvalue weighted by Gasteiger charge is 2.09. The predicted octanol–water partition coefficient (Wildman–Crippen LogP) is 3.53. The van der Waals surface area contributed by atoms with E-state index in [9.17, 15) is 0 Å². The van der Waals surface area contributed by atoms with Crippen LogP contribution in [0.15, 0.2) is 12.1 Å². The third-order valence-electron chi connectivity index (χ3n) is 2.63. The molecule has 0 fully saturated rings. The number of aryl methyl sites for hydroxylation is 1. The van der Waals surface area contributed by atoms with Gasteiger partial charge in [-0.1, -0.05) is 30.1 Å². The predicted molar refractivity (Wildman–Crippen MR) is 69.6 cm³/mol. The van der Waals surface area contributed by atoms with Gasteiger partial charge in [-0.2, -0.15) is 0 Å². The van der Waals surface area contributed by atoms with Gasteiger partial charge in [0, 0.05) is 11.1 Å². The lowest BCUT2D eigenvalue weighted by molar-refractivity contribution is 0.415. The van der Waals surface area contributed by atoms with Gasteiger partial charge in [0.05, 0.1) is 12.1 Å². The van der Waals surface area contributed by atoms with Crippen molar-refractivity contribution in [2.24, 2.45) is 11.7 Å². The van der Waals surface area contributed by atoms with Crippen molar-refractivity contribution >= 4 is 23.2 Å². The Hall–Kier alpha value is -0.440. The Morgan fingerprint density at radius 2 is 2.00 bits per heavy atom. The molecule has 0 saturated heterocycles. The van der Waals surface area contributed by atoms with Gasteiger partial charge in [-0.05, 0) is 36.9 Å². The lowest BCUT2D eigenvalue weighted by Gasteiger charge is -2.11. The molecule has 0 aliphatic carbocycles. The molecule has 16 heavy (non-hydrogen) atoms. The van der Waals surface area contributed by atoms with E-state index in [0.717, 1.165) is 18.4 Å². The average Bonchev–Trinajstić information content (AvgIpc) is 2.29. The molecule has 1 atom stereocenters. The van der Waals surface area contributed by atoms with Crippen LogP contribution in [0.2, 0.25) is 10.0 Å². The molecule has 0 aliphatic rings. The van der Waals surface area contributed by atoms with E-state index >= 15 is 0 Å². The smallest absolute Gasteiger partial charge is 0.138 e. The van der Waals surface area contributed by atoms with E-state index in [4.69, 9.17) is 33.7 Å². The minimum absolute atomic E-state index is 0.497. The van der Waals surface area contributed by atoms with Crippen molar-refractivity contribution in [3.05, 3.63) is 27.7 Å². The van der Waals surface area contributed by atoms with Crippen LogP contribution in [0.4, 0.5) is 0 Å². The second kappa shape index (κ2) is 6.33. The summed E-state index contributed by atoms with van der Waals surface area (Å²) in [5, 5.41) is 1.30. The molecule has 0 heterocycles.